The van der Waals surface area contributed by atoms with Crippen molar-refractivity contribution in [1.29, 1.82) is 0 Å². The molecule has 1 aromatic rings. The molecule has 0 aliphatic carbocycles. The van der Waals surface area contributed by atoms with Gasteiger partial charge in [-0.1, -0.05) is 74.4 Å². The predicted octanol–water partition coefficient (Wildman–Crippen LogP) is 6.41. The summed E-state index contributed by atoms with van der Waals surface area (Å²) in [5, 5.41) is 0. The van der Waals surface area contributed by atoms with E-state index in [0.717, 1.165) is 24.3 Å². The van der Waals surface area contributed by atoms with Crippen LogP contribution < -0.4 is 4.74 Å². The third-order valence-corrected chi connectivity index (χ3v) is 3.84. The van der Waals surface area contributed by atoms with E-state index in [1.807, 2.05) is 24.3 Å². The van der Waals surface area contributed by atoms with Gasteiger partial charge in [-0.25, -0.2) is 0 Å². The van der Waals surface area contributed by atoms with Crippen LogP contribution in [0.1, 0.15) is 51.0 Å². The summed E-state index contributed by atoms with van der Waals surface area (Å²) in [6.45, 7) is 3.00. The van der Waals surface area contributed by atoms with Crippen molar-refractivity contribution in [2.75, 3.05) is 6.61 Å². The molecule has 108 valence electrons. The first-order valence-electron chi connectivity index (χ1n) is 6.84. The lowest BCUT2D eigenvalue weighted by Gasteiger charge is -2.12. The summed E-state index contributed by atoms with van der Waals surface area (Å²) in [4.78, 5) is 0. The van der Waals surface area contributed by atoms with Crippen molar-refractivity contribution in [1.82, 2.24) is 0 Å². The standard InChI is InChI=1S/C15H21BrCl2O/c1-2-3-4-5-6-7-12-19-14-10-8-13(9-11-14)15(16,17)18/h8-11H,2-7,12H2,1H3. The fourth-order valence-electron chi connectivity index (χ4n) is 1.81. The molecule has 0 aromatic heterocycles. The van der Waals surface area contributed by atoms with E-state index in [1.165, 1.54) is 32.1 Å². The highest BCUT2D eigenvalue weighted by Gasteiger charge is 2.21. The lowest BCUT2D eigenvalue weighted by molar-refractivity contribution is 0.304. The molecule has 0 aliphatic rings. The number of hydrogen-bond acceptors (Lipinski definition) is 1. The van der Waals surface area contributed by atoms with Crippen LogP contribution in [0.2, 0.25) is 0 Å². The van der Waals surface area contributed by atoms with Gasteiger partial charge in [-0.05, 0) is 40.0 Å². The minimum absolute atomic E-state index is 0.771. The second kappa shape index (κ2) is 9.10. The van der Waals surface area contributed by atoms with Gasteiger partial charge >= 0.3 is 0 Å². The van der Waals surface area contributed by atoms with Crippen molar-refractivity contribution in [3.8, 4) is 5.75 Å². The Kier molecular flexibility index (Phi) is 8.20. The summed E-state index contributed by atoms with van der Waals surface area (Å²) in [6, 6.07) is 7.52. The van der Waals surface area contributed by atoms with Crippen molar-refractivity contribution >= 4 is 39.1 Å². The molecule has 4 heteroatoms. The Morgan fingerprint density at radius 1 is 1.00 bits per heavy atom. The molecule has 0 saturated heterocycles. The van der Waals surface area contributed by atoms with Gasteiger partial charge in [-0.2, -0.15) is 0 Å². The van der Waals surface area contributed by atoms with Crippen molar-refractivity contribution in [3.05, 3.63) is 29.8 Å². The zero-order chi connectivity index (χ0) is 14.1. The van der Waals surface area contributed by atoms with E-state index in [4.69, 9.17) is 27.9 Å². The second-order valence-corrected chi connectivity index (χ2v) is 8.07. The van der Waals surface area contributed by atoms with E-state index in [9.17, 15) is 0 Å². The van der Waals surface area contributed by atoms with Gasteiger partial charge in [0.15, 0.2) is 3.24 Å². The largest absolute Gasteiger partial charge is 0.494 e. The molecule has 1 aromatic carbocycles. The summed E-state index contributed by atoms with van der Waals surface area (Å²) in [7, 11) is 0. The third-order valence-electron chi connectivity index (χ3n) is 2.95. The lowest BCUT2D eigenvalue weighted by Crippen LogP contribution is -2.00. The zero-order valence-electron chi connectivity index (χ0n) is 11.3. The molecule has 0 atom stereocenters. The summed E-state index contributed by atoms with van der Waals surface area (Å²) in [6.07, 6.45) is 7.63. The van der Waals surface area contributed by atoms with Crippen molar-refractivity contribution in [3.63, 3.8) is 0 Å². The van der Waals surface area contributed by atoms with Gasteiger partial charge in [0.1, 0.15) is 5.75 Å². The van der Waals surface area contributed by atoms with E-state index >= 15 is 0 Å². The highest BCUT2D eigenvalue weighted by Crippen LogP contribution is 2.40. The number of hydrogen-bond donors (Lipinski definition) is 0. The SMILES string of the molecule is CCCCCCCCOc1ccc(C(Cl)(Cl)Br)cc1. The molecule has 0 N–H and O–H groups in total. The van der Waals surface area contributed by atoms with Gasteiger partial charge in [0.2, 0.25) is 0 Å². The molecule has 0 bridgehead atoms. The molecule has 1 rings (SSSR count). The van der Waals surface area contributed by atoms with Gasteiger partial charge in [0.05, 0.1) is 6.61 Å². The Hall–Kier alpha value is 0.0800. The summed E-state index contributed by atoms with van der Waals surface area (Å²) < 4.78 is 4.66. The Morgan fingerprint density at radius 2 is 1.58 bits per heavy atom. The van der Waals surface area contributed by atoms with Crippen LogP contribution in [0, 0.1) is 0 Å². The molecule has 0 heterocycles. The average Bonchev–Trinajstić information content (AvgIpc) is 2.37. The summed E-state index contributed by atoms with van der Waals surface area (Å²) >= 11 is 15.1. The normalized spacial score (nSPS) is 11.6. The molecule has 0 amide bonds. The van der Waals surface area contributed by atoms with Crippen LogP contribution in [-0.4, -0.2) is 6.61 Å². The van der Waals surface area contributed by atoms with E-state index in [-0.39, 0.29) is 0 Å². The quantitative estimate of drug-likeness (QED) is 0.362. The maximum atomic E-state index is 5.94. The molecular weight excluding hydrogens is 347 g/mol. The predicted molar refractivity (Wildman–Crippen MR) is 87.6 cm³/mol. The fraction of sp³-hybridized carbons (Fsp3) is 0.600. The average molecular weight is 368 g/mol. The van der Waals surface area contributed by atoms with Gasteiger partial charge in [-0.3, -0.25) is 0 Å². The number of ether oxygens (including phenoxy) is 1. The van der Waals surface area contributed by atoms with Gasteiger partial charge in [-0.15, -0.1) is 0 Å². The fourth-order valence-corrected chi connectivity index (χ4v) is 2.33. The number of halogens is 3. The van der Waals surface area contributed by atoms with Crippen LogP contribution >= 0.6 is 39.1 Å². The summed E-state index contributed by atoms with van der Waals surface area (Å²) in [5.41, 5.74) is 0.808. The van der Waals surface area contributed by atoms with Crippen LogP contribution in [-0.2, 0) is 3.24 Å². The molecule has 0 spiro atoms. The molecule has 19 heavy (non-hydrogen) atoms. The smallest absolute Gasteiger partial charge is 0.197 e. The zero-order valence-corrected chi connectivity index (χ0v) is 14.4. The Balaban J connectivity index is 2.20. The van der Waals surface area contributed by atoms with Crippen LogP contribution in [0.3, 0.4) is 0 Å². The highest BCUT2D eigenvalue weighted by molar-refractivity contribution is 9.10. The Labute approximate surface area is 134 Å². The second-order valence-electron chi connectivity index (χ2n) is 4.64. The number of rotatable bonds is 9. The van der Waals surface area contributed by atoms with Crippen LogP contribution in [0.25, 0.3) is 0 Å². The molecule has 0 radical (unpaired) electrons. The van der Waals surface area contributed by atoms with Gasteiger partial charge in [0.25, 0.3) is 0 Å². The topological polar surface area (TPSA) is 9.23 Å². The highest BCUT2D eigenvalue weighted by atomic mass is 79.9. The minimum atomic E-state index is -1.02. The van der Waals surface area contributed by atoms with E-state index in [2.05, 4.69) is 22.9 Å². The maximum absolute atomic E-state index is 5.94. The van der Waals surface area contributed by atoms with Crippen molar-refractivity contribution in [2.45, 2.75) is 48.7 Å². The number of benzene rings is 1. The van der Waals surface area contributed by atoms with Crippen LogP contribution in [0.5, 0.6) is 5.75 Å². The molecule has 0 saturated carbocycles. The molecule has 1 nitrogen and oxygen atoms in total. The van der Waals surface area contributed by atoms with E-state index < -0.39 is 3.24 Å². The lowest BCUT2D eigenvalue weighted by atomic mass is 10.1. The minimum Gasteiger partial charge on any atom is -0.494 e. The van der Waals surface area contributed by atoms with E-state index in [0.29, 0.717) is 0 Å². The van der Waals surface area contributed by atoms with Crippen LogP contribution in [0.4, 0.5) is 0 Å². The summed E-state index contributed by atoms with van der Waals surface area (Å²) in [5.74, 6) is 0.863. The van der Waals surface area contributed by atoms with E-state index in [1.54, 1.807) is 0 Å². The van der Waals surface area contributed by atoms with Crippen LogP contribution in [0.15, 0.2) is 24.3 Å². The number of alkyl halides is 3. The first-order chi connectivity index (χ1) is 9.04. The molecule has 0 aliphatic heterocycles. The van der Waals surface area contributed by atoms with Gasteiger partial charge in [0, 0.05) is 0 Å². The van der Waals surface area contributed by atoms with Crippen molar-refractivity contribution < 1.29 is 4.74 Å². The maximum Gasteiger partial charge on any atom is 0.197 e. The first kappa shape index (κ1) is 17.1. The molecule has 0 unspecified atom stereocenters. The molecule has 0 fully saturated rings. The van der Waals surface area contributed by atoms with Crippen molar-refractivity contribution in [2.24, 2.45) is 0 Å². The third kappa shape index (κ3) is 7.43. The Morgan fingerprint density at radius 3 is 2.16 bits per heavy atom. The monoisotopic (exact) mass is 366 g/mol. The van der Waals surface area contributed by atoms with Gasteiger partial charge < -0.3 is 4.74 Å². The number of unbranched alkanes of at least 4 members (excludes halogenated alkanes) is 5. The first-order valence-corrected chi connectivity index (χ1v) is 8.39. The molecular formula is C15H21BrCl2O. The Bertz CT molecular complexity index is 346.